The number of anilines is 1. The monoisotopic (exact) mass is 369 g/mol. The van der Waals surface area contributed by atoms with Crippen LogP contribution in [0.25, 0.3) is 0 Å². The quantitative estimate of drug-likeness (QED) is 0.776. The number of amides is 1. The molecule has 1 amide bonds. The van der Waals surface area contributed by atoms with Crippen LogP contribution in [0.5, 0.6) is 5.75 Å². The van der Waals surface area contributed by atoms with Gasteiger partial charge in [-0.3, -0.25) is 9.52 Å². The van der Waals surface area contributed by atoms with E-state index in [1.54, 1.807) is 14.0 Å². The molecule has 1 aromatic heterocycles. The van der Waals surface area contributed by atoms with Crippen molar-refractivity contribution in [2.24, 2.45) is 0 Å². The van der Waals surface area contributed by atoms with Gasteiger partial charge in [0.05, 0.1) is 19.1 Å². The number of nitrogens with one attached hydrogen (secondary N) is 2. The molecule has 0 aliphatic heterocycles. The molecule has 0 fully saturated rings. The Morgan fingerprint density at radius 3 is 2.54 bits per heavy atom. The SMILES string of the molecule is COc1ccc(CCNC(=O)c2sc(NS(C)(=O)=O)nc2C)cc1. The normalized spacial score (nSPS) is 11.1. The fraction of sp³-hybridized carbons (Fsp3) is 0.333. The van der Waals surface area contributed by atoms with E-state index < -0.39 is 10.0 Å². The summed E-state index contributed by atoms with van der Waals surface area (Å²) in [7, 11) is -1.80. The van der Waals surface area contributed by atoms with Crippen LogP contribution in [0, 0.1) is 6.92 Å². The van der Waals surface area contributed by atoms with Crippen LogP contribution in [0.3, 0.4) is 0 Å². The van der Waals surface area contributed by atoms with Crippen molar-refractivity contribution in [3.8, 4) is 5.75 Å². The molecule has 1 aromatic carbocycles. The Morgan fingerprint density at radius 2 is 1.96 bits per heavy atom. The molecule has 0 saturated carbocycles. The number of ether oxygens (including phenoxy) is 1. The molecule has 0 aliphatic carbocycles. The number of aromatic nitrogens is 1. The number of carbonyl (C=O) groups is 1. The fourth-order valence-corrected chi connectivity index (χ4v) is 3.72. The maximum atomic E-state index is 12.2. The van der Waals surface area contributed by atoms with Crippen LogP contribution >= 0.6 is 11.3 Å². The molecular weight excluding hydrogens is 350 g/mol. The lowest BCUT2D eigenvalue weighted by Gasteiger charge is -2.05. The molecule has 1 heterocycles. The van der Waals surface area contributed by atoms with Crippen molar-refractivity contribution in [1.29, 1.82) is 0 Å². The highest BCUT2D eigenvalue weighted by Crippen LogP contribution is 2.23. The molecule has 2 rings (SSSR count). The Bertz CT molecular complexity index is 814. The first-order chi connectivity index (χ1) is 11.3. The zero-order valence-corrected chi connectivity index (χ0v) is 15.3. The summed E-state index contributed by atoms with van der Waals surface area (Å²) < 4.78 is 29.8. The molecule has 0 aliphatic rings. The molecular formula is C15H19N3O4S2. The van der Waals surface area contributed by atoms with Gasteiger partial charge in [-0.15, -0.1) is 0 Å². The van der Waals surface area contributed by atoms with Gasteiger partial charge in [0.1, 0.15) is 10.6 Å². The summed E-state index contributed by atoms with van der Waals surface area (Å²) in [5, 5.41) is 3.01. The molecule has 0 spiro atoms. The zero-order valence-electron chi connectivity index (χ0n) is 13.6. The van der Waals surface area contributed by atoms with E-state index in [0.29, 0.717) is 23.5 Å². The van der Waals surface area contributed by atoms with Gasteiger partial charge >= 0.3 is 0 Å². The maximum absolute atomic E-state index is 12.2. The third kappa shape index (κ3) is 5.20. The van der Waals surface area contributed by atoms with Crippen molar-refractivity contribution in [3.63, 3.8) is 0 Å². The molecule has 7 nitrogen and oxygen atoms in total. The third-order valence-electron chi connectivity index (χ3n) is 3.13. The first kappa shape index (κ1) is 18.2. The van der Waals surface area contributed by atoms with Crippen LogP contribution in [-0.2, 0) is 16.4 Å². The minimum atomic E-state index is -3.41. The Balaban J connectivity index is 1.92. The van der Waals surface area contributed by atoms with E-state index in [1.165, 1.54) is 0 Å². The average Bonchev–Trinajstić information content (AvgIpc) is 2.86. The second kappa shape index (κ2) is 7.63. The van der Waals surface area contributed by atoms with Gasteiger partial charge in [-0.2, -0.15) is 0 Å². The van der Waals surface area contributed by atoms with Crippen molar-refractivity contribution in [1.82, 2.24) is 10.3 Å². The number of hydrogen-bond donors (Lipinski definition) is 2. The number of aryl methyl sites for hydroxylation is 1. The number of rotatable bonds is 7. The summed E-state index contributed by atoms with van der Waals surface area (Å²) in [6.45, 7) is 2.14. The number of carbonyl (C=O) groups excluding carboxylic acids is 1. The van der Waals surface area contributed by atoms with Gasteiger partial charge in [-0.05, 0) is 31.0 Å². The van der Waals surface area contributed by atoms with Gasteiger partial charge in [0.15, 0.2) is 5.13 Å². The van der Waals surface area contributed by atoms with E-state index in [0.717, 1.165) is 28.9 Å². The van der Waals surface area contributed by atoms with E-state index in [9.17, 15) is 13.2 Å². The summed E-state index contributed by atoms with van der Waals surface area (Å²) in [6.07, 6.45) is 1.72. The minimum Gasteiger partial charge on any atom is -0.497 e. The summed E-state index contributed by atoms with van der Waals surface area (Å²) in [4.78, 5) is 16.7. The molecule has 0 bridgehead atoms. The Morgan fingerprint density at radius 1 is 1.29 bits per heavy atom. The molecule has 2 N–H and O–H groups in total. The number of benzene rings is 1. The smallest absolute Gasteiger partial charge is 0.263 e. The highest BCUT2D eigenvalue weighted by molar-refractivity contribution is 7.92. The van der Waals surface area contributed by atoms with Crippen LogP contribution in [0.15, 0.2) is 24.3 Å². The van der Waals surface area contributed by atoms with Gasteiger partial charge in [-0.1, -0.05) is 23.5 Å². The zero-order chi connectivity index (χ0) is 17.7. The number of sulfonamides is 1. The lowest BCUT2D eigenvalue weighted by atomic mass is 10.1. The van der Waals surface area contributed by atoms with E-state index in [4.69, 9.17) is 4.74 Å². The fourth-order valence-electron chi connectivity index (χ4n) is 2.00. The number of thiazole rings is 1. The molecule has 2 aromatic rings. The van der Waals surface area contributed by atoms with E-state index in [2.05, 4.69) is 15.0 Å². The van der Waals surface area contributed by atoms with Crippen molar-refractivity contribution in [2.45, 2.75) is 13.3 Å². The van der Waals surface area contributed by atoms with Gasteiger partial charge in [0, 0.05) is 6.54 Å². The summed E-state index contributed by atoms with van der Waals surface area (Å²) in [6, 6.07) is 7.62. The van der Waals surface area contributed by atoms with Crippen LogP contribution in [0.4, 0.5) is 5.13 Å². The first-order valence-electron chi connectivity index (χ1n) is 7.15. The van der Waals surface area contributed by atoms with E-state index in [1.807, 2.05) is 24.3 Å². The molecule has 24 heavy (non-hydrogen) atoms. The lowest BCUT2D eigenvalue weighted by molar-refractivity contribution is 0.0957. The average molecular weight is 369 g/mol. The Hall–Kier alpha value is -2.13. The molecule has 0 saturated heterocycles. The summed E-state index contributed by atoms with van der Waals surface area (Å²) in [5.74, 6) is 0.522. The summed E-state index contributed by atoms with van der Waals surface area (Å²) in [5.41, 5.74) is 1.57. The summed E-state index contributed by atoms with van der Waals surface area (Å²) >= 11 is 1.02. The molecule has 0 atom stereocenters. The largest absolute Gasteiger partial charge is 0.497 e. The van der Waals surface area contributed by atoms with Crippen molar-refractivity contribution in [3.05, 3.63) is 40.4 Å². The second-order valence-corrected chi connectivity index (χ2v) is 7.91. The van der Waals surface area contributed by atoms with Crippen molar-refractivity contribution < 1.29 is 17.9 Å². The minimum absolute atomic E-state index is 0.190. The van der Waals surface area contributed by atoms with Gasteiger partial charge < -0.3 is 10.1 Å². The number of hydrogen-bond acceptors (Lipinski definition) is 6. The van der Waals surface area contributed by atoms with Crippen LogP contribution in [0.1, 0.15) is 20.9 Å². The van der Waals surface area contributed by atoms with E-state index in [-0.39, 0.29) is 11.0 Å². The van der Waals surface area contributed by atoms with Crippen LogP contribution in [-0.4, -0.2) is 39.2 Å². The highest BCUT2D eigenvalue weighted by Gasteiger charge is 2.16. The number of methoxy groups -OCH3 is 1. The predicted octanol–water partition coefficient (Wildman–Crippen LogP) is 1.80. The first-order valence-corrected chi connectivity index (χ1v) is 9.85. The van der Waals surface area contributed by atoms with Crippen LogP contribution in [0.2, 0.25) is 0 Å². The Kier molecular flexibility index (Phi) is 5.79. The predicted molar refractivity (Wildman–Crippen MR) is 94.3 cm³/mol. The topological polar surface area (TPSA) is 97.4 Å². The molecule has 130 valence electrons. The molecule has 0 radical (unpaired) electrons. The standard InChI is InChI=1S/C15H19N3O4S2/c1-10-13(23-15(17-10)18-24(3,20)21)14(19)16-9-8-11-4-6-12(22-2)7-5-11/h4-7H,8-9H2,1-3H3,(H,16,19)(H,17,18). The van der Waals surface area contributed by atoms with Gasteiger partial charge in [0.25, 0.3) is 5.91 Å². The maximum Gasteiger partial charge on any atom is 0.263 e. The Labute approximate surface area is 145 Å². The van der Waals surface area contributed by atoms with Crippen molar-refractivity contribution in [2.75, 3.05) is 24.6 Å². The lowest BCUT2D eigenvalue weighted by Crippen LogP contribution is -2.25. The highest BCUT2D eigenvalue weighted by atomic mass is 32.2. The van der Waals surface area contributed by atoms with E-state index >= 15 is 0 Å². The molecule has 9 heteroatoms. The van der Waals surface area contributed by atoms with Crippen LogP contribution < -0.4 is 14.8 Å². The molecule has 0 unspecified atom stereocenters. The second-order valence-electron chi connectivity index (χ2n) is 5.16. The third-order valence-corrected chi connectivity index (χ3v) is 4.90. The number of nitrogens with zero attached hydrogens (tertiary/aromatic N) is 1. The van der Waals surface area contributed by atoms with Gasteiger partial charge in [0.2, 0.25) is 10.0 Å². The van der Waals surface area contributed by atoms with Gasteiger partial charge in [-0.25, -0.2) is 13.4 Å². The van der Waals surface area contributed by atoms with Crippen molar-refractivity contribution >= 4 is 32.4 Å².